The van der Waals surface area contributed by atoms with Crippen molar-refractivity contribution in [2.45, 2.75) is 6.85 Å². The number of hydrogen-bond donors (Lipinski definition) is 0. The van der Waals surface area contributed by atoms with E-state index in [1.165, 1.54) is 38.5 Å². The molecule has 0 fully saturated rings. The molecule has 0 saturated carbocycles. The molecule has 0 bridgehead atoms. The smallest absolute Gasteiger partial charge is 0.0774 e. The van der Waals surface area contributed by atoms with E-state index in [2.05, 4.69) is 136 Å². The maximum Gasteiger partial charge on any atom is 0.0774 e. The standard InChI is InChI=1S/C33H21N2S.C12H10N.Ir/c1-3-9-23(10-4-1)25-15-18-27(19-16-25)35-31-14-8-7-13-30(31)34-33(35)29-22-36-32-21-26(17-20-28(29)32)24-11-5-2-6-12-24;1-10-7-8-12(13-9-10)11-5-3-2-4-6-11;/h1-21H;2-5,7-9H,1H3;/q2*-1;/i;1D3;. The van der Waals surface area contributed by atoms with Crippen LogP contribution in [-0.4, -0.2) is 14.5 Å². The van der Waals surface area contributed by atoms with Crippen LogP contribution in [0.25, 0.3) is 71.7 Å². The third-order valence-electron chi connectivity index (χ3n) is 8.39. The van der Waals surface area contributed by atoms with E-state index in [4.69, 9.17) is 9.10 Å². The molecule has 0 aliphatic heterocycles. The van der Waals surface area contributed by atoms with Crippen LogP contribution >= 0.6 is 11.3 Å². The fourth-order valence-electron chi connectivity index (χ4n) is 5.95. The summed E-state index contributed by atoms with van der Waals surface area (Å²) >= 11 is 1.65. The fraction of sp³-hybridized carbons (Fsp3) is 0.0222. The van der Waals surface area contributed by atoms with Crippen LogP contribution in [0.3, 0.4) is 0 Å². The average molecular weight is 841 g/mol. The molecule has 0 aliphatic rings. The van der Waals surface area contributed by atoms with E-state index < -0.39 is 6.85 Å². The van der Waals surface area contributed by atoms with Crippen molar-refractivity contribution in [1.82, 2.24) is 14.5 Å². The zero-order valence-corrected chi connectivity index (χ0v) is 30.0. The second kappa shape index (κ2) is 15.0. The molecule has 0 saturated heterocycles. The normalized spacial score (nSPS) is 11.9. The number of para-hydroxylation sites is 2. The molecule has 0 spiro atoms. The Labute approximate surface area is 314 Å². The van der Waals surface area contributed by atoms with Gasteiger partial charge in [0.1, 0.15) is 0 Å². The maximum atomic E-state index is 7.23. The van der Waals surface area contributed by atoms with Gasteiger partial charge in [-0.2, -0.15) is 0 Å². The summed E-state index contributed by atoms with van der Waals surface area (Å²) < 4.78 is 25.2. The number of thiophene rings is 1. The summed E-state index contributed by atoms with van der Waals surface area (Å²) in [6.07, 6.45) is 1.39. The molecule has 5 heteroatoms. The Hall–Kier alpha value is -5.45. The van der Waals surface area contributed by atoms with Crippen LogP contribution in [0.5, 0.6) is 0 Å². The molecule has 0 atom stereocenters. The van der Waals surface area contributed by atoms with Gasteiger partial charge in [-0.05, 0) is 64.6 Å². The summed E-state index contributed by atoms with van der Waals surface area (Å²) in [7, 11) is 0. The van der Waals surface area contributed by atoms with Gasteiger partial charge in [-0.1, -0.05) is 125 Å². The molecular formula is C45H31IrN3S-2. The molecule has 6 aromatic carbocycles. The predicted octanol–water partition coefficient (Wildman–Crippen LogP) is 11.9. The van der Waals surface area contributed by atoms with Gasteiger partial charge in [0, 0.05) is 36.1 Å². The van der Waals surface area contributed by atoms with Crippen LogP contribution in [0.4, 0.5) is 0 Å². The first-order chi connectivity index (χ1) is 25.4. The SMILES string of the molecule is [2H]C([2H])([2H])c1ccc(-c2[c-]cccc2)nc1.[Ir].[c-]1sc2cc(-c3ccccc3)ccc2c1-c1nc2ccccc2n1-c1ccc(-c2ccccc2)cc1. The van der Waals surface area contributed by atoms with Crippen LogP contribution in [0.1, 0.15) is 9.68 Å². The van der Waals surface area contributed by atoms with Crippen molar-refractivity contribution in [3.8, 4) is 50.6 Å². The maximum absolute atomic E-state index is 7.23. The molecule has 9 aromatic rings. The largest absolute Gasteiger partial charge is 0.333 e. The van der Waals surface area contributed by atoms with Gasteiger partial charge in [0.05, 0.1) is 16.9 Å². The van der Waals surface area contributed by atoms with E-state index in [9.17, 15) is 0 Å². The van der Waals surface area contributed by atoms with Crippen molar-refractivity contribution in [1.29, 1.82) is 0 Å². The second-order valence-electron chi connectivity index (χ2n) is 11.5. The van der Waals surface area contributed by atoms with Gasteiger partial charge in [-0.3, -0.25) is 16.3 Å². The monoisotopic (exact) mass is 841 g/mol. The summed E-state index contributed by atoms with van der Waals surface area (Å²) in [5.74, 6) is 0.919. The number of aromatic nitrogens is 3. The predicted molar refractivity (Wildman–Crippen MR) is 205 cm³/mol. The quantitative estimate of drug-likeness (QED) is 0.162. The van der Waals surface area contributed by atoms with Crippen LogP contribution in [0.15, 0.2) is 170 Å². The van der Waals surface area contributed by atoms with E-state index in [-0.39, 0.29) is 25.7 Å². The molecule has 0 aliphatic carbocycles. The van der Waals surface area contributed by atoms with Crippen molar-refractivity contribution in [3.63, 3.8) is 0 Å². The molecule has 50 heavy (non-hydrogen) atoms. The van der Waals surface area contributed by atoms with E-state index in [1.54, 1.807) is 29.5 Å². The van der Waals surface area contributed by atoms with Crippen molar-refractivity contribution in [2.75, 3.05) is 0 Å². The van der Waals surface area contributed by atoms with Gasteiger partial charge in [0.15, 0.2) is 0 Å². The van der Waals surface area contributed by atoms with Crippen LogP contribution < -0.4 is 0 Å². The van der Waals surface area contributed by atoms with Gasteiger partial charge in [0.25, 0.3) is 0 Å². The summed E-state index contributed by atoms with van der Waals surface area (Å²) in [5, 5.41) is 4.75. The Balaban J connectivity index is 0.000000216. The van der Waals surface area contributed by atoms with E-state index >= 15 is 0 Å². The number of nitrogens with zero attached hydrogens (tertiary/aromatic N) is 3. The first-order valence-corrected chi connectivity index (χ1v) is 16.8. The van der Waals surface area contributed by atoms with Gasteiger partial charge in [0.2, 0.25) is 0 Å². The second-order valence-corrected chi connectivity index (χ2v) is 12.4. The Bertz CT molecular complexity index is 2580. The average Bonchev–Trinajstić information content (AvgIpc) is 3.80. The Morgan fingerprint density at radius 2 is 1.34 bits per heavy atom. The van der Waals surface area contributed by atoms with E-state index in [0.717, 1.165) is 39.4 Å². The number of pyridine rings is 1. The number of benzene rings is 6. The Morgan fingerprint density at radius 1 is 0.660 bits per heavy atom. The van der Waals surface area contributed by atoms with Crippen molar-refractivity contribution < 1.29 is 24.2 Å². The van der Waals surface area contributed by atoms with E-state index in [0.29, 0.717) is 0 Å². The zero-order valence-electron chi connectivity index (χ0n) is 29.7. The van der Waals surface area contributed by atoms with Gasteiger partial charge in [-0.15, -0.1) is 47.3 Å². The number of aryl methyl sites for hydroxylation is 1. The third kappa shape index (κ3) is 6.85. The summed E-state index contributed by atoms with van der Waals surface area (Å²) in [6.45, 7) is -2.09. The van der Waals surface area contributed by atoms with E-state index in [1.807, 2.05) is 30.3 Å². The summed E-state index contributed by atoms with van der Waals surface area (Å²) in [5.41, 5.74) is 10.9. The number of fused-ring (bicyclic) bond motifs is 2. The first kappa shape index (κ1) is 29.5. The molecule has 3 nitrogen and oxygen atoms in total. The van der Waals surface area contributed by atoms with Crippen molar-refractivity contribution >= 4 is 32.5 Å². The minimum atomic E-state index is -2.09. The third-order valence-corrected chi connectivity index (χ3v) is 9.25. The molecule has 3 heterocycles. The molecule has 243 valence electrons. The zero-order chi connectivity index (χ0) is 35.5. The van der Waals surface area contributed by atoms with Crippen LogP contribution in [0, 0.1) is 18.3 Å². The minimum absolute atomic E-state index is 0. The number of hydrogen-bond acceptors (Lipinski definition) is 3. The first-order valence-electron chi connectivity index (χ1n) is 17.5. The number of rotatable bonds is 5. The van der Waals surface area contributed by atoms with Crippen molar-refractivity contribution in [2.24, 2.45) is 0 Å². The molecule has 0 unspecified atom stereocenters. The van der Waals surface area contributed by atoms with Gasteiger partial charge >= 0.3 is 0 Å². The topological polar surface area (TPSA) is 30.7 Å². The minimum Gasteiger partial charge on any atom is -0.333 e. The molecule has 0 N–H and O–H groups in total. The molecule has 9 rings (SSSR count). The number of imidazole rings is 1. The molecule has 1 radical (unpaired) electrons. The van der Waals surface area contributed by atoms with Crippen LogP contribution in [-0.2, 0) is 20.1 Å². The Kier molecular flexibility index (Phi) is 8.83. The Morgan fingerprint density at radius 3 is 2.04 bits per heavy atom. The fourth-order valence-corrected chi connectivity index (χ4v) is 6.82. The molecule has 0 amide bonds. The van der Waals surface area contributed by atoms with Crippen molar-refractivity contribution in [3.05, 3.63) is 187 Å². The summed E-state index contributed by atoms with van der Waals surface area (Å²) in [4.78, 5) is 9.21. The molecular weight excluding hydrogens is 807 g/mol. The molecule has 3 aromatic heterocycles. The van der Waals surface area contributed by atoms with Gasteiger partial charge in [-0.25, -0.2) is 0 Å². The van der Waals surface area contributed by atoms with Crippen LogP contribution in [0.2, 0.25) is 0 Å². The summed E-state index contributed by atoms with van der Waals surface area (Å²) in [6, 6.07) is 58.5. The van der Waals surface area contributed by atoms with Gasteiger partial charge < -0.3 is 9.55 Å².